The van der Waals surface area contributed by atoms with Gasteiger partial charge in [-0.2, -0.15) is 0 Å². The van der Waals surface area contributed by atoms with Gasteiger partial charge in [0.15, 0.2) is 0 Å². The van der Waals surface area contributed by atoms with Gasteiger partial charge in [-0.25, -0.2) is 13.1 Å². The summed E-state index contributed by atoms with van der Waals surface area (Å²) in [6.07, 6.45) is 2.04. The second-order valence-corrected chi connectivity index (χ2v) is 8.81. The minimum absolute atomic E-state index is 0.00209. The van der Waals surface area contributed by atoms with Crippen LogP contribution in [0, 0.1) is 0 Å². The molecule has 1 aliphatic heterocycles. The maximum Gasteiger partial charge on any atom is 0.253 e. The lowest BCUT2D eigenvalue weighted by atomic mass is 10.1. The standard InChI is InChI=1S/C21H25N3O5S/c1-22-30(27,28)19-13-16(8-9-18(19)29-2)20(25)23-14-15-6-5-7-17(12-15)21(26)24-10-3-4-11-24/h5-9,12-13,22H,3-4,10-11,14H2,1-2H3,(H,23,25). The number of nitrogens with one attached hydrogen (secondary N) is 2. The molecular weight excluding hydrogens is 406 g/mol. The Hall–Kier alpha value is -2.91. The molecule has 8 nitrogen and oxygen atoms in total. The molecule has 1 saturated heterocycles. The Kier molecular flexibility index (Phi) is 6.73. The van der Waals surface area contributed by atoms with Gasteiger partial charge in [-0.15, -0.1) is 0 Å². The van der Waals surface area contributed by atoms with Gasteiger partial charge in [0, 0.05) is 30.8 Å². The zero-order chi connectivity index (χ0) is 21.7. The number of carbonyl (C=O) groups excluding carboxylic acids is 2. The molecule has 0 spiro atoms. The van der Waals surface area contributed by atoms with Crippen LogP contribution in [0.5, 0.6) is 5.75 Å². The minimum atomic E-state index is -3.78. The summed E-state index contributed by atoms with van der Waals surface area (Å²) in [5.41, 5.74) is 1.56. The molecule has 0 aliphatic carbocycles. The van der Waals surface area contributed by atoms with Crippen molar-refractivity contribution in [3.63, 3.8) is 0 Å². The van der Waals surface area contributed by atoms with E-state index in [1.54, 1.807) is 18.2 Å². The Morgan fingerprint density at radius 2 is 1.80 bits per heavy atom. The summed E-state index contributed by atoms with van der Waals surface area (Å²) in [6, 6.07) is 11.4. The van der Waals surface area contributed by atoms with Crippen molar-refractivity contribution in [2.45, 2.75) is 24.3 Å². The monoisotopic (exact) mass is 431 g/mol. The average Bonchev–Trinajstić information content (AvgIpc) is 3.31. The molecule has 0 aromatic heterocycles. The van der Waals surface area contributed by atoms with Crippen molar-refractivity contribution in [2.75, 3.05) is 27.2 Å². The molecule has 1 aliphatic rings. The lowest BCUT2D eigenvalue weighted by Gasteiger charge is -2.16. The third-order valence-corrected chi connectivity index (χ3v) is 6.44. The van der Waals surface area contributed by atoms with E-state index in [0.717, 1.165) is 31.5 Å². The van der Waals surface area contributed by atoms with Gasteiger partial charge in [0.1, 0.15) is 10.6 Å². The largest absolute Gasteiger partial charge is 0.495 e. The minimum Gasteiger partial charge on any atom is -0.495 e. The molecule has 2 aromatic carbocycles. The quantitative estimate of drug-likeness (QED) is 0.695. The summed E-state index contributed by atoms with van der Waals surface area (Å²) in [6.45, 7) is 1.75. The van der Waals surface area contributed by atoms with Crippen molar-refractivity contribution in [3.05, 3.63) is 59.2 Å². The van der Waals surface area contributed by atoms with E-state index in [9.17, 15) is 18.0 Å². The highest BCUT2D eigenvalue weighted by Gasteiger charge is 2.21. The zero-order valence-electron chi connectivity index (χ0n) is 17.0. The van der Waals surface area contributed by atoms with Crippen molar-refractivity contribution >= 4 is 21.8 Å². The molecule has 2 aromatic rings. The van der Waals surface area contributed by atoms with Gasteiger partial charge in [-0.1, -0.05) is 12.1 Å². The highest BCUT2D eigenvalue weighted by molar-refractivity contribution is 7.89. The van der Waals surface area contributed by atoms with E-state index in [4.69, 9.17) is 4.74 Å². The third kappa shape index (κ3) is 4.80. The molecule has 1 heterocycles. The molecular formula is C21H25N3O5S. The summed E-state index contributed by atoms with van der Waals surface area (Å²) in [7, 11) is -1.13. The van der Waals surface area contributed by atoms with Gasteiger partial charge in [0.05, 0.1) is 7.11 Å². The first-order chi connectivity index (χ1) is 14.4. The molecule has 1 fully saturated rings. The second-order valence-electron chi connectivity index (χ2n) is 6.96. The van der Waals surface area contributed by atoms with Crippen LogP contribution in [0.2, 0.25) is 0 Å². The van der Waals surface area contributed by atoms with Gasteiger partial charge in [0.25, 0.3) is 11.8 Å². The van der Waals surface area contributed by atoms with Crippen LogP contribution >= 0.6 is 0 Å². The molecule has 3 rings (SSSR count). The van der Waals surface area contributed by atoms with Crippen LogP contribution in [0.1, 0.15) is 39.1 Å². The molecule has 0 unspecified atom stereocenters. The summed E-state index contributed by atoms with van der Waals surface area (Å²) >= 11 is 0. The fraction of sp³-hybridized carbons (Fsp3) is 0.333. The Morgan fingerprint density at radius 3 is 2.47 bits per heavy atom. The van der Waals surface area contributed by atoms with Crippen molar-refractivity contribution < 1.29 is 22.7 Å². The van der Waals surface area contributed by atoms with Crippen molar-refractivity contribution in [1.29, 1.82) is 0 Å². The number of ether oxygens (including phenoxy) is 1. The highest BCUT2D eigenvalue weighted by Crippen LogP contribution is 2.24. The summed E-state index contributed by atoms with van der Waals surface area (Å²) in [5, 5.41) is 2.77. The lowest BCUT2D eigenvalue weighted by molar-refractivity contribution is 0.0792. The molecule has 9 heteroatoms. The summed E-state index contributed by atoms with van der Waals surface area (Å²) < 4.78 is 31.7. The molecule has 0 saturated carbocycles. The fourth-order valence-corrected chi connectivity index (χ4v) is 4.26. The maximum absolute atomic E-state index is 12.6. The van der Waals surface area contributed by atoms with Crippen molar-refractivity contribution in [3.8, 4) is 5.75 Å². The van der Waals surface area contributed by atoms with Crippen LogP contribution in [0.3, 0.4) is 0 Å². The van der Waals surface area contributed by atoms with Gasteiger partial charge < -0.3 is 15.0 Å². The average molecular weight is 432 g/mol. The van der Waals surface area contributed by atoms with Crippen LogP contribution in [0.4, 0.5) is 0 Å². The number of sulfonamides is 1. The molecule has 160 valence electrons. The Morgan fingerprint density at radius 1 is 1.07 bits per heavy atom. The van der Waals surface area contributed by atoms with Gasteiger partial charge >= 0.3 is 0 Å². The molecule has 30 heavy (non-hydrogen) atoms. The van der Waals surface area contributed by atoms with E-state index < -0.39 is 15.9 Å². The zero-order valence-corrected chi connectivity index (χ0v) is 17.8. The number of rotatable bonds is 7. The molecule has 0 radical (unpaired) electrons. The highest BCUT2D eigenvalue weighted by atomic mass is 32.2. The van der Waals surface area contributed by atoms with Crippen LogP contribution in [-0.2, 0) is 16.6 Å². The third-order valence-electron chi connectivity index (χ3n) is 5.00. The molecule has 2 amide bonds. The molecule has 2 N–H and O–H groups in total. The van der Waals surface area contributed by atoms with E-state index in [0.29, 0.717) is 5.56 Å². The van der Waals surface area contributed by atoms with E-state index in [1.807, 2.05) is 11.0 Å². The number of hydrogen-bond acceptors (Lipinski definition) is 5. The van der Waals surface area contributed by atoms with Gasteiger partial charge in [0.2, 0.25) is 10.0 Å². The number of benzene rings is 2. The number of amides is 2. The Labute approximate surface area is 176 Å². The predicted octanol–water partition coefficient (Wildman–Crippen LogP) is 1.77. The predicted molar refractivity (Wildman–Crippen MR) is 112 cm³/mol. The maximum atomic E-state index is 12.6. The number of methoxy groups -OCH3 is 1. The normalized spacial score (nSPS) is 13.9. The smallest absolute Gasteiger partial charge is 0.253 e. The molecule has 0 atom stereocenters. The lowest BCUT2D eigenvalue weighted by Crippen LogP contribution is -2.28. The van der Waals surface area contributed by atoms with Gasteiger partial charge in [-0.3, -0.25) is 9.59 Å². The van der Waals surface area contributed by atoms with E-state index in [2.05, 4.69) is 10.0 Å². The topological polar surface area (TPSA) is 105 Å². The summed E-state index contributed by atoms with van der Waals surface area (Å²) in [4.78, 5) is 26.8. The summed E-state index contributed by atoms with van der Waals surface area (Å²) in [5.74, 6) is -0.284. The van der Waals surface area contributed by atoms with E-state index in [-0.39, 0.29) is 28.7 Å². The first-order valence-electron chi connectivity index (χ1n) is 9.63. The van der Waals surface area contributed by atoms with Gasteiger partial charge in [-0.05, 0) is 55.8 Å². The van der Waals surface area contributed by atoms with Crippen LogP contribution in [0.15, 0.2) is 47.4 Å². The van der Waals surface area contributed by atoms with E-state index >= 15 is 0 Å². The van der Waals surface area contributed by atoms with Crippen molar-refractivity contribution in [1.82, 2.24) is 14.9 Å². The molecule has 0 bridgehead atoms. The fourth-order valence-electron chi connectivity index (χ4n) is 3.34. The van der Waals surface area contributed by atoms with Crippen molar-refractivity contribution in [2.24, 2.45) is 0 Å². The number of likely N-dealkylation sites (tertiary alicyclic amines) is 1. The number of carbonyl (C=O) groups is 2. The van der Waals surface area contributed by atoms with Crippen LogP contribution in [0.25, 0.3) is 0 Å². The Balaban J connectivity index is 1.72. The number of hydrogen-bond donors (Lipinski definition) is 2. The van der Waals surface area contributed by atoms with Crippen LogP contribution < -0.4 is 14.8 Å². The first kappa shape index (κ1) is 21.8. The van der Waals surface area contributed by atoms with E-state index in [1.165, 1.54) is 32.4 Å². The number of nitrogens with zero attached hydrogens (tertiary/aromatic N) is 1. The Bertz CT molecular complexity index is 1050. The SMILES string of the molecule is CNS(=O)(=O)c1cc(C(=O)NCc2cccc(C(=O)N3CCCC3)c2)ccc1OC. The first-order valence-corrected chi connectivity index (χ1v) is 11.1. The second kappa shape index (κ2) is 9.27. The van der Waals surface area contributed by atoms with Crippen LogP contribution in [-0.4, -0.2) is 52.4 Å².